The number of rotatable bonds is 5. The molecule has 1 nitrogen and oxygen atoms in total. The quantitative estimate of drug-likeness (QED) is 0.338. The van der Waals surface area contributed by atoms with Crippen LogP contribution in [0.1, 0.15) is 34.2 Å². The van der Waals surface area contributed by atoms with Gasteiger partial charge in [-0.3, -0.25) is 0 Å². The average Bonchev–Trinajstić information content (AvgIpc) is 2.83. The molecule has 152 valence electrons. The monoisotopic (exact) mass is 406 g/mol. The van der Waals surface area contributed by atoms with Crippen molar-refractivity contribution >= 4 is 11.1 Å². The van der Waals surface area contributed by atoms with Gasteiger partial charge in [-0.05, 0) is 64.4 Å². The molecule has 0 atom stereocenters. The van der Waals surface area contributed by atoms with Crippen molar-refractivity contribution in [3.63, 3.8) is 0 Å². The zero-order valence-corrected chi connectivity index (χ0v) is 17.2. The van der Waals surface area contributed by atoms with Gasteiger partial charge in [0.25, 0.3) is 0 Å². The minimum atomic E-state index is -0.191. The molecule has 4 aromatic carbocycles. The summed E-state index contributed by atoms with van der Waals surface area (Å²) in [6, 6.07) is 33.7. The molecule has 0 aromatic heterocycles. The Labute approximate surface area is 182 Å². The molecule has 0 unspecified atom stereocenters. The van der Waals surface area contributed by atoms with Gasteiger partial charge < -0.3 is 4.74 Å². The molecule has 1 aliphatic carbocycles. The van der Waals surface area contributed by atoms with E-state index in [4.69, 9.17) is 4.74 Å². The number of fused-ring (bicyclic) bond motifs is 1. The first kappa shape index (κ1) is 19.3. The van der Waals surface area contributed by atoms with E-state index in [1.807, 2.05) is 54.6 Å². The van der Waals surface area contributed by atoms with Crippen LogP contribution in [-0.4, -0.2) is 0 Å². The summed E-state index contributed by atoms with van der Waals surface area (Å²) in [5.74, 6) is 0.654. The Bertz CT molecular complexity index is 1230. The highest BCUT2D eigenvalue weighted by atomic mass is 19.1. The Balaban J connectivity index is 1.56. The molecule has 4 aromatic rings. The molecular formula is C29H23FO. The van der Waals surface area contributed by atoms with Gasteiger partial charge in [-0.1, -0.05) is 84.9 Å². The summed E-state index contributed by atoms with van der Waals surface area (Å²) in [6.07, 6.45) is 1.77. The van der Waals surface area contributed by atoms with Crippen molar-refractivity contribution in [1.82, 2.24) is 0 Å². The number of allylic oxidation sites excluding steroid dienone is 1. The van der Waals surface area contributed by atoms with E-state index in [1.165, 1.54) is 17.2 Å². The third-order valence-electron chi connectivity index (χ3n) is 5.81. The van der Waals surface area contributed by atoms with Crippen LogP contribution in [0, 0.1) is 5.82 Å². The summed E-state index contributed by atoms with van der Waals surface area (Å²) in [4.78, 5) is 0. The lowest BCUT2D eigenvalue weighted by Gasteiger charge is -2.25. The van der Waals surface area contributed by atoms with E-state index < -0.39 is 0 Å². The molecule has 0 bridgehead atoms. The normalized spacial score (nSPS) is 13.1. The van der Waals surface area contributed by atoms with Gasteiger partial charge in [0.2, 0.25) is 0 Å². The summed E-state index contributed by atoms with van der Waals surface area (Å²) >= 11 is 0. The first-order chi connectivity index (χ1) is 15.3. The number of aryl methyl sites for hydroxylation is 1. The van der Waals surface area contributed by atoms with Gasteiger partial charge in [-0.2, -0.15) is 0 Å². The Hall–Kier alpha value is -3.65. The molecule has 0 spiro atoms. The topological polar surface area (TPSA) is 9.23 Å². The van der Waals surface area contributed by atoms with Crippen LogP contribution >= 0.6 is 0 Å². The van der Waals surface area contributed by atoms with Crippen molar-refractivity contribution < 1.29 is 9.13 Å². The van der Waals surface area contributed by atoms with Crippen LogP contribution in [0.2, 0.25) is 0 Å². The maximum Gasteiger partial charge on any atom is 0.131 e. The van der Waals surface area contributed by atoms with Gasteiger partial charge in [0, 0.05) is 5.56 Å². The molecule has 0 N–H and O–H groups in total. The van der Waals surface area contributed by atoms with Gasteiger partial charge in [-0.15, -0.1) is 0 Å². The Morgan fingerprint density at radius 3 is 2.16 bits per heavy atom. The predicted octanol–water partition coefficient (Wildman–Crippen LogP) is 7.31. The standard InChI is InChI=1S/C29H23FO/c30-28-14-8-7-13-27(28)29-25(22-11-5-2-6-12-22)17-15-23-19-24(16-18-26(23)29)31-20-21-9-3-1-4-10-21/h1-14,16,18-19H,15,17,20H2. The highest BCUT2D eigenvalue weighted by molar-refractivity contribution is 6.01. The summed E-state index contributed by atoms with van der Waals surface area (Å²) < 4.78 is 20.9. The molecular weight excluding hydrogens is 383 g/mol. The van der Waals surface area contributed by atoms with E-state index in [-0.39, 0.29) is 5.82 Å². The van der Waals surface area contributed by atoms with Gasteiger partial charge in [0.05, 0.1) is 0 Å². The minimum absolute atomic E-state index is 0.191. The SMILES string of the molecule is Fc1ccccc1C1=C(c2ccccc2)CCc2cc(OCc3ccccc3)ccc21. The number of hydrogen-bond acceptors (Lipinski definition) is 1. The van der Waals surface area contributed by atoms with Crippen LogP contribution in [0.5, 0.6) is 5.75 Å². The maximum absolute atomic E-state index is 14.9. The molecule has 31 heavy (non-hydrogen) atoms. The Kier molecular flexibility index (Phi) is 5.37. The van der Waals surface area contributed by atoms with Crippen molar-refractivity contribution in [1.29, 1.82) is 0 Å². The number of ether oxygens (including phenoxy) is 1. The molecule has 0 fully saturated rings. The van der Waals surface area contributed by atoms with Crippen LogP contribution in [0.15, 0.2) is 103 Å². The molecule has 5 rings (SSSR count). The number of hydrogen-bond donors (Lipinski definition) is 0. The molecule has 0 aliphatic heterocycles. The zero-order chi connectivity index (χ0) is 21.0. The van der Waals surface area contributed by atoms with E-state index in [0.29, 0.717) is 12.2 Å². The number of benzene rings is 4. The van der Waals surface area contributed by atoms with Gasteiger partial charge in [0.15, 0.2) is 0 Å². The second kappa shape index (κ2) is 8.61. The fraction of sp³-hybridized carbons (Fsp3) is 0.103. The predicted molar refractivity (Wildman–Crippen MR) is 124 cm³/mol. The summed E-state index contributed by atoms with van der Waals surface area (Å²) in [5, 5.41) is 0. The zero-order valence-electron chi connectivity index (χ0n) is 17.2. The maximum atomic E-state index is 14.9. The lowest BCUT2D eigenvalue weighted by Crippen LogP contribution is -2.08. The second-order valence-corrected chi connectivity index (χ2v) is 7.79. The van der Waals surface area contributed by atoms with E-state index >= 15 is 0 Å². The summed E-state index contributed by atoms with van der Waals surface area (Å²) in [5.41, 5.74) is 7.40. The molecule has 2 heteroatoms. The highest BCUT2D eigenvalue weighted by Gasteiger charge is 2.23. The summed E-state index contributed by atoms with van der Waals surface area (Å²) in [6.45, 7) is 0.533. The lowest BCUT2D eigenvalue weighted by atomic mass is 9.79. The molecule has 0 heterocycles. The Morgan fingerprint density at radius 1 is 0.677 bits per heavy atom. The van der Waals surface area contributed by atoms with Crippen LogP contribution in [0.4, 0.5) is 4.39 Å². The second-order valence-electron chi connectivity index (χ2n) is 7.79. The molecule has 0 amide bonds. The van der Waals surface area contributed by atoms with Crippen molar-refractivity contribution in [2.45, 2.75) is 19.4 Å². The van der Waals surface area contributed by atoms with Crippen molar-refractivity contribution in [3.8, 4) is 5.75 Å². The highest BCUT2D eigenvalue weighted by Crippen LogP contribution is 2.42. The fourth-order valence-corrected chi connectivity index (χ4v) is 4.30. The summed E-state index contributed by atoms with van der Waals surface area (Å²) in [7, 11) is 0. The largest absolute Gasteiger partial charge is 0.489 e. The van der Waals surface area contributed by atoms with E-state index in [0.717, 1.165) is 40.9 Å². The first-order valence-corrected chi connectivity index (χ1v) is 10.6. The Morgan fingerprint density at radius 2 is 1.39 bits per heavy atom. The average molecular weight is 407 g/mol. The molecule has 0 radical (unpaired) electrons. The molecule has 0 saturated heterocycles. The van der Waals surface area contributed by atoms with Crippen molar-refractivity contribution in [3.05, 3.63) is 137 Å². The van der Waals surface area contributed by atoms with Gasteiger partial charge in [0.1, 0.15) is 18.2 Å². The molecule has 1 aliphatic rings. The van der Waals surface area contributed by atoms with Crippen LogP contribution in [-0.2, 0) is 13.0 Å². The fourth-order valence-electron chi connectivity index (χ4n) is 4.30. The minimum Gasteiger partial charge on any atom is -0.489 e. The number of halogens is 1. The van der Waals surface area contributed by atoms with Crippen LogP contribution in [0.25, 0.3) is 11.1 Å². The van der Waals surface area contributed by atoms with E-state index in [9.17, 15) is 4.39 Å². The third-order valence-corrected chi connectivity index (χ3v) is 5.81. The van der Waals surface area contributed by atoms with Gasteiger partial charge in [-0.25, -0.2) is 4.39 Å². The van der Waals surface area contributed by atoms with Crippen molar-refractivity contribution in [2.24, 2.45) is 0 Å². The van der Waals surface area contributed by atoms with Crippen LogP contribution < -0.4 is 4.74 Å². The first-order valence-electron chi connectivity index (χ1n) is 10.6. The smallest absolute Gasteiger partial charge is 0.131 e. The lowest BCUT2D eigenvalue weighted by molar-refractivity contribution is 0.306. The molecule has 0 saturated carbocycles. The van der Waals surface area contributed by atoms with Crippen molar-refractivity contribution in [2.75, 3.05) is 0 Å². The van der Waals surface area contributed by atoms with E-state index in [1.54, 1.807) is 6.07 Å². The van der Waals surface area contributed by atoms with E-state index in [2.05, 4.69) is 36.4 Å². The van der Waals surface area contributed by atoms with Gasteiger partial charge >= 0.3 is 0 Å². The van der Waals surface area contributed by atoms with Crippen LogP contribution in [0.3, 0.4) is 0 Å². The third kappa shape index (κ3) is 4.02.